The van der Waals surface area contributed by atoms with Crippen LogP contribution in [0.3, 0.4) is 0 Å². The van der Waals surface area contributed by atoms with E-state index in [0.717, 1.165) is 0 Å². The van der Waals surface area contributed by atoms with Gasteiger partial charge in [-0.05, 0) is 37.6 Å². The Labute approximate surface area is 117 Å². The number of aromatic hydroxyl groups is 1. The second kappa shape index (κ2) is 5.57. The van der Waals surface area contributed by atoms with E-state index in [4.69, 9.17) is 0 Å². The first-order chi connectivity index (χ1) is 9.49. The van der Waals surface area contributed by atoms with E-state index in [-0.39, 0.29) is 17.1 Å². The van der Waals surface area contributed by atoms with Gasteiger partial charge >= 0.3 is 0 Å². The van der Waals surface area contributed by atoms with E-state index in [2.05, 4.69) is 5.32 Å². The van der Waals surface area contributed by atoms with Crippen LogP contribution >= 0.6 is 0 Å². The predicted molar refractivity (Wildman–Crippen MR) is 77.2 cm³/mol. The smallest absolute Gasteiger partial charge is 0.259 e. The molecule has 0 atom stereocenters. The van der Waals surface area contributed by atoms with Crippen molar-refractivity contribution in [3.05, 3.63) is 59.2 Å². The van der Waals surface area contributed by atoms with Crippen LogP contribution in [0.25, 0.3) is 0 Å². The average molecular weight is 269 g/mol. The van der Waals surface area contributed by atoms with E-state index in [0.29, 0.717) is 16.8 Å². The van der Waals surface area contributed by atoms with Gasteiger partial charge in [0, 0.05) is 11.3 Å². The number of hydrogen-bond donors (Lipinski definition) is 2. The van der Waals surface area contributed by atoms with Crippen molar-refractivity contribution in [2.45, 2.75) is 13.8 Å². The molecule has 4 heteroatoms. The number of nitrogens with one attached hydrogen (secondary N) is 1. The molecule has 0 saturated heterocycles. The van der Waals surface area contributed by atoms with E-state index in [1.807, 2.05) is 0 Å². The van der Waals surface area contributed by atoms with Crippen molar-refractivity contribution >= 4 is 17.4 Å². The fourth-order valence-electron chi connectivity index (χ4n) is 1.86. The number of phenols is 1. The first-order valence-corrected chi connectivity index (χ1v) is 6.20. The Kier molecular flexibility index (Phi) is 3.84. The third-order valence-electron chi connectivity index (χ3n) is 3.01. The summed E-state index contributed by atoms with van der Waals surface area (Å²) in [5, 5.41) is 12.5. The highest BCUT2D eigenvalue weighted by Crippen LogP contribution is 2.22. The molecule has 0 spiro atoms. The average Bonchev–Trinajstić information content (AvgIpc) is 2.42. The topological polar surface area (TPSA) is 66.4 Å². The molecule has 0 aromatic heterocycles. The highest BCUT2D eigenvalue weighted by molar-refractivity contribution is 6.07. The van der Waals surface area contributed by atoms with Gasteiger partial charge in [0.05, 0.1) is 5.56 Å². The van der Waals surface area contributed by atoms with Crippen LogP contribution in [-0.2, 0) is 0 Å². The van der Waals surface area contributed by atoms with E-state index in [9.17, 15) is 14.7 Å². The largest absolute Gasteiger partial charge is 0.507 e. The Morgan fingerprint density at radius 1 is 1.10 bits per heavy atom. The molecular weight excluding hydrogens is 254 g/mol. The Morgan fingerprint density at radius 2 is 1.80 bits per heavy atom. The Balaban J connectivity index is 2.26. The van der Waals surface area contributed by atoms with Crippen LogP contribution < -0.4 is 5.32 Å². The molecule has 2 rings (SSSR count). The van der Waals surface area contributed by atoms with Crippen LogP contribution in [0.5, 0.6) is 5.75 Å². The molecule has 0 heterocycles. The van der Waals surface area contributed by atoms with Crippen molar-refractivity contribution in [3.63, 3.8) is 0 Å². The van der Waals surface area contributed by atoms with E-state index in [1.165, 1.54) is 6.92 Å². The zero-order chi connectivity index (χ0) is 14.7. The minimum atomic E-state index is -0.410. The fourth-order valence-corrected chi connectivity index (χ4v) is 1.86. The van der Waals surface area contributed by atoms with Gasteiger partial charge in [-0.1, -0.05) is 24.3 Å². The van der Waals surface area contributed by atoms with Gasteiger partial charge in [0.1, 0.15) is 5.75 Å². The molecular formula is C16H15NO3. The van der Waals surface area contributed by atoms with Crippen molar-refractivity contribution in [2.24, 2.45) is 0 Å². The molecule has 0 bridgehead atoms. The normalized spacial score (nSPS) is 10.1. The third kappa shape index (κ3) is 2.85. The summed E-state index contributed by atoms with van der Waals surface area (Å²) < 4.78 is 0. The third-order valence-corrected chi connectivity index (χ3v) is 3.01. The summed E-state index contributed by atoms with van der Waals surface area (Å²) in [6, 6.07) is 11.7. The molecule has 20 heavy (non-hydrogen) atoms. The van der Waals surface area contributed by atoms with Gasteiger partial charge in [-0.25, -0.2) is 0 Å². The second-order valence-corrected chi connectivity index (χ2v) is 4.56. The van der Waals surface area contributed by atoms with Crippen LogP contribution in [0.1, 0.15) is 33.2 Å². The van der Waals surface area contributed by atoms with Crippen molar-refractivity contribution in [1.29, 1.82) is 0 Å². The van der Waals surface area contributed by atoms with Gasteiger partial charge in [-0.2, -0.15) is 0 Å². The van der Waals surface area contributed by atoms with Crippen LogP contribution in [-0.4, -0.2) is 16.8 Å². The number of para-hydroxylation sites is 1. The minimum absolute atomic E-state index is 0.0345. The number of phenolic OH excluding ortho intramolecular Hbond substituents is 1. The second-order valence-electron chi connectivity index (χ2n) is 4.56. The van der Waals surface area contributed by atoms with Crippen LogP contribution in [0, 0.1) is 6.92 Å². The first-order valence-electron chi connectivity index (χ1n) is 6.20. The molecule has 4 nitrogen and oxygen atoms in total. The van der Waals surface area contributed by atoms with Crippen molar-refractivity contribution in [1.82, 2.24) is 0 Å². The lowest BCUT2D eigenvalue weighted by Crippen LogP contribution is -2.12. The summed E-state index contributed by atoms with van der Waals surface area (Å²) in [5.74, 6) is -0.515. The zero-order valence-electron chi connectivity index (χ0n) is 11.3. The molecule has 0 fully saturated rings. The SMILES string of the molecule is CC(=O)c1cccc(NC(=O)c2cccc(C)c2O)c1. The molecule has 102 valence electrons. The van der Waals surface area contributed by atoms with Gasteiger partial charge in [0.25, 0.3) is 5.91 Å². The highest BCUT2D eigenvalue weighted by atomic mass is 16.3. The lowest BCUT2D eigenvalue weighted by molar-refractivity contribution is 0.101. The number of carbonyl (C=O) groups is 2. The van der Waals surface area contributed by atoms with Crippen LogP contribution in [0.2, 0.25) is 0 Å². The number of anilines is 1. The van der Waals surface area contributed by atoms with Crippen molar-refractivity contribution in [3.8, 4) is 5.75 Å². The number of ketones is 1. The van der Waals surface area contributed by atoms with Gasteiger partial charge in [0.2, 0.25) is 0 Å². The Hall–Kier alpha value is -2.62. The molecule has 0 radical (unpaired) electrons. The summed E-state index contributed by atoms with van der Waals surface area (Å²) in [6.07, 6.45) is 0. The Bertz CT molecular complexity index is 677. The van der Waals surface area contributed by atoms with Crippen LogP contribution in [0.4, 0.5) is 5.69 Å². The number of Topliss-reactive ketones (excluding diaryl/α,β-unsaturated/α-hetero) is 1. The molecule has 2 aromatic rings. The lowest BCUT2D eigenvalue weighted by Gasteiger charge is -2.09. The van der Waals surface area contributed by atoms with Gasteiger partial charge in [-0.3, -0.25) is 9.59 Å². The molecule has 2 N–H and O–H groups in total. The Morgan fingerprint density at radius 3 is 2.50 bits per heavy atom. The summed E-state index contributed by atoms with van der Waals surface area (Å²) >= 11 is 0. The maximum atomic E-state index is 12.1. The highest BCUT2D eigenvalue weighted by Gasteiger charge is 2.13. The van der Waals surface area contributed by atoms with Crippen molar-refractivity contribution < 1.29 is 14.7 Å². The monoisotopic (exact) mass is 269 g/mol. The number of rotatable bonds is 3. The number of aryl methyl sites for hydroxylation is 1. The quantitative estimate of drug-likeness (QED) is 0.841. The molecule has 0 unspecified atom stereocenters. The summed E-state index contributed by atoms with van der Waals surface area (Å²) in [7, 11) is 0. The molecule has 2 aromatic carbocycles. The summed E-state index contributed by atoms with van der Waals surface area (Å²) in [6.45, 7) is 3.19. The maximum Gasteiger partial charge on any atom is 0.259 e. The van der Waals surface area contributed by atoms with Gasteiger partial charge < -0.3 is 10.4 Å². The van der Waals surface area contributed by atoms with E-state index < -0.39 is 5.91 Å². The number of benzene rings is 2. The minimum Gasteiger partial charge on any atom is -0.507 e. The molecule has 1 amide bonds. The molecule has 0 aliphatic heterocycles. The van der Waals surface area contributed by atoms with Gasteiger partial charge in [0.15, 0.2) is 5.78 Å². The van der Waals surface area contributed by atoms with E-state index >= 15 is 0 Å². The van der Waals surface area contributed by atoms with Crippen LogP contribution in [0.15, 0.2) is 42.5 Å². The predicted octanol–water partition coefficient (Wildman–Crippen LogP) is 3.16. The van der Waals surface area contributed by atoms with Gasteiger partial charge in [-0.15, -0.1) is 0 Å². The van der Waals surface area contributed by atoms with Crippen molar-refractivity contribution in [2.75, 3.05) is 5.32 Å². The lowest BCUT2D eigenvalue weighted by atomic mass is 10.1. The number of amides is 1. The zero-order valence-corrected chi connectivity index (χ0v) is 11.3. The van der Waals surface area contributed by atoms with E-state index in [1.54, 1.807) is 49.4 Å². The summed E-state index contributed by atoms with van der Waals surface area (Å²) in [5.41, 5.74) is 1.88. The maximum absolute atomic E-state index is 12.1. The number of carbonyl (C=O) groups excluding carboxylic acids is 2. The molecule has 0 aliphatic rings. The molecule has 0 aliphatic carbocycles. The standard InChI is InChI=1S/C16H15NO3/c1-10-5-3-8-14(15(10)19)16(20)17-13-7-4-6-12(9-13)11(2)18/h3-9,19H,1-2H3,(H,17,20). The summed E-state index contributed by atoms with van der Waals surface area (Å²) in [4.78, 5) is 23.4. The molecule has 0 saturated carbocycles. The first kappa shape index (κ1) is 13.8. The number of hydrogen-bond acceptors (Lipinski definition) is 3. The fraction of sp³-hybridized carbons (Fsp3) is 0.125.